The summed E-state index contributed by atoms with van der Waals surface area (Å²) in [4.78, 5) is 26.6. The van der Waals surface area contributed by atoms with Gasteiger partial charge in [-0.3, -0.25) is 9.59 Å². The van der Waals surface area contributed by atoms with Gasteiger partial charge in [-0.1, -0.05) is 60.2 Å². The van der Waals surface area contributed by atoms with E-state index in [2.05, 4.69) is 15.9 Å². The largest absolute Gasteiger partial charge is 0.456 e. The van der Waals surface area contributed by atoms with Gasteiger partial charge in [0.1, 0.15) is 11.5 Å². The van der Waals surface area contributed by atoms with Gasteiger partial charge in [0.05, 0.1) is 5.41 Å². The molecule has 3 fully saturated rings. The molecule has 1 aromatic rings. The van der Waals surface area contributed by atoms with E-state index in [0.29, 0.717) is 12.8 Å². The maximum atomic E-state index is 13.7. The number of benzene rings is 1. The average Bonchev–Trinajstić information content (AvgIpc) is 3.09. The fourth-order valence-electron chi connectivity index (χ4n) is 5.13. The lowest BCUT2D eigenvalue weighted by Crippen LogP contribution is -2.57. The van der Waals surface area contributed by atoms with E-state index in [0.717, 1.165) is 55.0 Å². The second-order valence-corrected chi connectivity index (χ2v) is 8.59. The van der Waals surface area contributed by atoms with Crippen molar-refractivity contribution < 1.29 is 14.3 Å². The molecular weight excluding hydrogens is 368 g/mol. The van der Waals surface area contributed by atoms with E-state index in [-0.39, 0.29) is 11.8 Å². The third-order valence-electron chi connectivity index (χ3n) is 6.38. The van der Waals surface area contributed by atoms with Crippen LogP contribution in [0.25, 0.3) is 0 Å². The van der Waals surface area contributed by atoms with E-state index in [1.165, 1.54) is 0 Å². The molecule has 1 atom stereocenters. The number of rotatable bonds is 1. The summed E-state index contributed by atoms with van der Waals surface area (Å²) >= 11 is 3.45. The number of hydrogen-bond acceptors (Lipinski definition) is 3. The van der Waals surface area contributed by atoms with E-state index in [9.17, 15) is 9.59 Å². The summed E-state index contributed by atoms with van der Waals surface area (Å²) in [7, 11) is 0. The molecule has 4 heteroatoms. The Morgan fingerprint density at radius 1 is 0.875 bits per heavy atom. The van der Waals surface area contributed by atoms with Crippen LogP contribution in [0.4, 0.5) is 0 Å². The first-order valence-corrected chi connectivity index (χ1v) is 9.89. The minimum Gasteiger partial charge on any atom is -0.456 e. The minimum absolute atomic E-state index is 0.191. The number of hydrogen-bond donors (Lipinski definition) is 0. The molecule has 0 aromatic heterocycles. The van der Waals surface area contributed by atoms with Crippen LogP contribution in [0.3, 0.4) is 0 Å². The van der Waals surface area contributed by atoms with Gasteiger partial charge in [-0.2, -0.15) is 0 Å². The molecule has 4 rings (SSSR count). The van der Waals surface area contributed by atoms with Crippen LogP contribution >= 0.6 is 15.9 Å². The van der Waals surface area contributed by atoms with Gasteiger partial charge in [0.2, 0.25) is 0 Å². The van der Waals surface area contributed by atoms with E-state index in [4.69, 9.17) is 4.74 Å². The summed E-state index contributed by atoms with van der Waals surface area (Å²) in [5, 5.41) is 0. The summed E-state index contributed by atoms with van der Waals surface area (Å²) in [6.07, 6.45) is 7.77. The molecule has 2 spiro atoms. The average molecular weight is 391 g/mol. The lowest BCUT2D eigenvalue weighted by molar-refractivity contribution is -0.194. The standard InChI is InChI=1S/C20H23BrO3/c21-15-8-6-14(7-9-15)16-19(10-4-5-11-19)17(22)20(18(23)24-16)12-2-1-3-13-20/h6-9,16H,1-5,10-13H2/t16-/m1/s1. The Balaban J connectivity index is 1.77. The second kappa shape index (κ2) is 5.98. The molecule has 0 N–H and O–H groups in total. The molecule has 0 amide bonds. The number of cyclic esters (lactones) is 1. The van der Waals surface area contributed by atoms with Crippen LogP contribution in [0.15, 0.2) is 28.7 Å². The zero-order valence-corrected chi connectivity index (χ0v) is 15.4. The van der Waals surface area contributed by atoms with Crippen LogP contribution in [0, 0.1) is 10.8 Å². The van der Waals surface area contributed by atoms with Crippen LogP contribution in [-0.4, -0.2) is 11.8 Å². The number of esters is 1. The number of Topliss-reactive ketones (excluding diaryl/α,β-unsaturated/α-hetero) is 1. The van der Waals surface area contributed by atoms with Gasteiger partial charge in [0.15, 0.2) is 5.78 Å². The van der Waals surface area contributed by atoms with Crippen molar-refractivity contribution in [2.75, 3.05) is 0 Å². The predicted molar refractivity (Wildman–Crippen MR) is 94.4 cm³/mol. The van der Waals surface area contributed by atoms with Crippen molar-refractivity contribution in [2.24, 2.45) is 10.8 Å². The molecule has 1 aliphatic heterocycles. The normalized spacial score (nSPS) is 28.3. The fraction of sp³-hybridized carbons (Fsp3) is 0.600. The number of carbonyl (C=O) groups excluding carboxylic acids is 2. The summed E-state index contributed by atoms with van der Waals surface area (Å²) in [5.41, 5.74) is -0.402. The topological polar surface area (TPSA) is 43.4 Å². The third kappa shape index (κ3) is 2.29. The van der Waals surface area contributed by atoms with Crippen LogP contribution in [0.2, 0.25) is 0 Å². The maximum absolute atomic E-state index is 13.7. The molecule has 1 heterocycles. The van der Waals surface area contributed by atoms with Gasteiger partial charge in [-0.15, -0.1) is 0 Å². The van der Waals surface area contributed by atoms with E-state index < -0.39 is 16.9 Å². The molecule has 2 aliphatic carbocycles. The number of carbonyl (C=O) groups is 2. The number of halogens is 1. The maximum Gasteiger partial charge on any atom is 0.320 e. The van der Waals surface area contributed by atoms with E-state index >= 15 is 0 Å². The molecule has 0 radical (unpaired) electrons. The molecule has 3 nitrogen and oxygen atoms in total. The van der Waals surface area contributed by atoms with Crippen LogP contribution in [0.1, 0.15) is 69.5 Å². The van der Waals surface area contributed by atoms with Crippen molar-refractivity contribution in [1.29, 1.82) is 0 Å². The molecular formula is C20H23BrO3. The summed E-state index contributed by atoms with van der Waals surface area (Å²) in [6, 6.07) is 7.88. The first-order chi connectivity index (χ1) is 11.6. The molecule has 2 saturated carbocycles. The zero-order chi connectivity index (χ0) is 16.8. The van der Waals surface area contributed by atoms with Gasteiger partial charge in [-0.25, -0.2) is 0 Å². The Morgan fingerprint density at radius 3 is 2.08 bits per heavy atom. The summed E-state index contributed by atoms with van der Waals surface area (Å²) < 4.78 is 7.03. The molecule has 1 aromatic carbocycles. The Hall–Kier alpha value is -1.16. The fourth-order valence-corrected chi connectivity index (χ4v) is 5.39. The Bertz CT molecular complexity index is 652. The quantitative estimate of drug-likeness (QED) is 0.493. The Labute approximate surface area is 151 Å². The van der Waals surface area contributed by atoms with Crippen molar-refractivity contribution in [3.63, 3.8) is 0 Å². The van der Waals surface area contributed by atoms with Gasteiger partial charge >= 0.3 is 5.97 Å². The summed E-state index contributed by atoms with van der Waals surface area (Å²) in [5.74, 6) is -0.0750. The molecule has 0 unspecified atom stereocenters. The Kier molecular flexibility index (Phi) is 4.06. The smallest absolute Gasteiger partial charge is 0.320 e. The van der Waals surface area contributed by atoms with Gasteiger partial charge in [0.25, 0.3) is 0 Å². The van der Waals surface area contributed by atoms with Crippen LogP contribution in [-0.2, 0) is 14.3 Å². The minimum atomic E-state index is -0.853. The van der Waals surface area contributed by atoms with Gasteiger partial charge < -0.3 is 4.74 Å². The Morgan fingerprint density at radius 2 is 1.46 bits per heavy atom. The van der Waals surface area contributed by atoms with E-state index in [1.54, 1.807) is 0 Å². The second-order valence-electron chi connectivity index (χ2n) is 7.67. The molecule has 1 saturated heterocycles. The monoisotopic (exact) mass is 390 g/mol. The van der Waals surface area contributed by atoms with Gasteiger partial charge in [-0.05, 0) is 43.4 Å². The number of ketones is 1. The predicted octanol–water partition coefficient (Wildman–Crippen LogP) is 5.13. The lowest BCUT2D eigenvalue weighted by atomic mass is 9.58. The summed E-state index contributed by atoms with van der Waals surface area (Å²) in [6.45, 7) is 0. The van der Waals surface area contributed by atoms with Crippen molar-refractivity contribution in [1.82, 2.24) is 0 Å². The van der Waals surface area contributed by atoms with Crippen molar-refractivity contribution in [2.45, 2.75) is 63.9 Å². The highest BCUT2D eigenvalue weighted by Gasteiger charge is 2.64. The third-order valence-corrected chi connectivity index (χ3v) is 6.91. The highest BCUT2D eigenvalue weighted by molar-refractivity contribution is 9.10. The highest BCUT2D eigenvalue weighted by Crippen LogP contribution is 2.59. The van der Waals surface area contributed by atoms with Gasteiger partial charge in [0, 0.05) is 4.47 Å². The van der Waals surface area contributed by atoms with Crippen LogP contribution < -0.4 is 0 Å². The van der Waals surface area contributed by atoms with Crippen molar-refractivity contribution in [3.8, 4) is 0 Å². The molecule has 128 valence electrons. The zero-order valence-electron chi connectivity index (χ0n) is 13.9. The van der Waals surface area contributed by atoms with Crippen molar-refractivity contribution >= 4 is 27.7 Å². The molecule has 3 aliphatic rings. The number of ether oxygens (including phenoxy) is 1. The van der Waals surface area contributed by atoms with Crippen LogP contribution in [0.5, 0.6) is 0 Å². The first kappa shape index (κ1) is 16.3. The first-order valence-electron chi connectivity index (χ1n) is 9.10. The SMILES string of the molecule is O=C1O[C@H](c2ccc(Br)cc2)C2(CCCC2)C(=O)C12CCCCC2. The van der Waals surface area contributed by atoms with Crippen molar-refractivity contribution in [3.05, 3.63) is 34.3 Å². The molecule has 0 bridgehead atoms. The molecule has 24 heavy (non-hydrogen) atoms. The lowest BCUT2D eigenvalue weighted by Gasteiger charge is -2.49. The highest BCUT2D eigenvalue weighted by atomic mass is 79.9. The van der Waals surface area contributed by atoms with E-state index in [1.807, 2.05) is 24.3 Å².